The second kappa shape index (κ2) is 6.29. The molecule has 1 amide bonds. The maximum absolute atomic E-state index is 12.4. The highest BCUT2D eigenvalue weighted by molar-refractivity contribution is 5.79. The number of hydrogen-bond donors (Lipinski definition) is 0. The fourth-order valence-electron chi connectivity index (χ4n) is 2.96. The van der Waals surface area contributed by atoms with Gasteiger partial charge in [-0.25, -0.2) is 0 Å². The Bertz CT molecular complexity index is 490. The second-order valence-corrected chi connectivity index (χ2v) is 5.81. The molecule has 1 aliphatic heterocycles. The molecule has 0 N–H and O–H groups in total. The topological polar surface area (TPSA) is 29.5 Å². The van der Waals surface area contributed by atoms with Crippen LogP contribution in [0, 0.1) is 19.8 Å². The Kier molecular flexibility index (Phi) is 4.69. The zero-order chi connectivity index (χ0) is 14.7. The molecule has 0 saturated carbocycles. The van der Waals surface area contributed by atoms with Crippen molar-refractivity contribution >= 4 is 5.91 Å². The van der Waals surface area contributed by atoms with Crippen LogP contribution in [0.15, 0.2) is 12.1 Å². The molecular weight excluding hydrogens is 250 g/mol. The monoisotopic (exact) mass is 275 g/mol. The van der Waals surface area contributed by atoms with Crippen molar-refractivity contribution in [3.63, 3.8) is 0 Å². The summed E-state index contributed by atoms with van der Waals surface area (Å²) < 4.78 is 5.34. The molecular formula is C17H25NO2. The van der Waals surface area contributed by atoms with Gasteiger partial charge in [0.1, 0.15) is 5.75 Å². The molecule has 0 radical (unpaired) electrons. The SMILES string of the molecule is COc1ccc(CC(C)C(=O)N2CCCC2)c(C)c1C. The summed E-state index contributed by atoms with van der Waals surface area (Å²) in [5.41, 5.74) is 3.67. The van der Waals surface area contributed by atoms with Crippen molar-refractivity contribution in [3.05, 3.63) is 28.8 Å². The first kappa shape index (κ1) is 14.9. The van der Waals surface area contributed by atoms with E-state index in [1.54, 1.807) is 7.11 Å². The molecule has 3 heteroatoms. The van der Waals surface area contributed by atoms with Gasteiger partial charge in [0.05, 0.1) is 7.11 Å². The number of amides is 1. The summed E-state index contributed by atoms with van der Waals surface area (Å²) in [7, 11) is 1.70. The number of likely N-dealkylation sites (tertiary alicyclic amines) is 1. The molecule has 20 heavy (non-hydrogen) atoms. The molecule has 110 valence electrons. The molecule has 0 aromatic heterocycles. The second-order valence-electron chi connectivity index (χ2n) is 5.81. The zero-order valence-corrected chi connectivity index (χ0v) is 13.0. The molecule has 0 spiro atoms. The Hall–Kier alpha value is -1.51. The van der Waals surface area contributed by atoms with Gasteiger partial charge in [0, 0.05) is 19.0 Å². The average Bonchev–Trinajstić information content (AvgIpc) is 2.97. The van der Waals surface area contributed by atoms with Crippen molar-refractivity contribution in [1.82, 2.24) is 4.90 Å². The molecule has 1 atom stereocenters. The normalized spacial score (nSPS) is 16.3. The van der Waals surface area contributed by atoms with E-state index in [0.29, 0.717) is 5.91 Å². The van der Waals surface area contributed by atoms with Gasteiger partial charge in [0.2, 0.25) is 5.91 Å². The molecule has 2 rings (SSSR count). The number of carbonyl (C=O) groups is 1. The number of methoxy groups -OCH3 is 1. The Balaban J connectivity index is 2.09. The van der Waals surface area contributed by atoms with Crippen LogP contribution >= 0.6 is 0 Å². The summed E-state index contributed by atoms with van der Waals surface area (Å²) >= 11 is 0. The van der Waals surface area contributed by atoms with E-state index in [1.165, 1.54) is 16.7 Å². The number of rotatable bonds is 4. The summed E-state index contributed by atoms with van der Waals surface area (Å²) in [5.74, 6) is 1.28. The van der Waals surface area contributed by atoms with Crippen LogP contribution in [0.5, 0.6) is 5.75 Å². The lowest BCUT2D eigenvalue weighted by Crippen LogP contribution is -2.33. The molecule has 0 bridgehead atoms. The molecule has 1 fully saturated rings. The first-order chi connectivity index (χ1) is 9.54. The Morgan fingerprint density at radius 3 is 2.50 bits per heavy atom. The number of carbonyl (C=O) groups excluding carboxylic acids is 1. The molecule has 1 saturated heterocycles. The summed E-state index contributed by atoms with van der Waals surface area (Å²) in [5, 5.41) is 0. The van der Waals surface area contributed by atoms with Gasteiger partial charge < -0.3 is 9.64 Å². The van der Waals surface area contributed by atoms with Crippen LogP contribution in [0.25, 0.3) is 0 Å². The summed E-state index contributed by atoms with van der Waals surface area (Å²) in [6.45, 7) is 8.10. The number of nitrogens with zero attached hydrogens (tertiary/aromatic N) is 1. The van der Waals surface area contributed by atoms with Crippen molar-refractivity contribution in [2.24, 2.45) is 5.92 Å². The lowest BCUT2D eigenvalue weighted by atomic mass is 9.93. The highest BCUT2D eigenvalue weighted by Gasteiger charge is 2.23. The largest absolute Gasteiger partial charge is 0.496 e. The number of benzene rings is 1. The lowest BCUT2D eigenvalue weighted by Gasteiger charge is -2.21. The van der Waals surface area contributed by atoms with E-state index in [0.717, 1.165) is 38.1 Å². The lowest BCUT2D eigenvalue weighted by molar-refractivity contribution is -0.133. The maximum atomic E-state index is 12.4. The minimum absolute atomic E-state index is 0.0552. The Morgan fingerprint density at radius 1 is 1.25 bits per heavy atom. The number of ether oxygens (including phenoxy) is 1. The summed E-state index contributed by atoms with van der Waals surface area (Å²) in [4.78, 5) is 14.4. The van der Waals surface area contributed by atoms with Crippen LogP contribution < -0.4 is 4.74 Å². The van der Waals surface area contributed by atoms with Gasteiger partial charge in [-0.1, -0.05) is 13.0 Å². The van der Waals surface area contributed by atoms with Gasteiger partial charge in [-0.3, -0.25) is 4.79 Å². The van der Waals surface area contributed by atoms with Gasteiger partial charge in [0.25, 0.3) is 0 Å². The predicted octanol–water partition coefficient (Wildman–Crippen LogP) is 3.11. The van der Waals surface area contributed by atoms with Crippen molar-refractivity contribution < 1.29 is 9.53 Å². The van der Waals surface area contributed by atoms with Gasteiger partial charge in [-0.2, -0.15) is 0 Å². The van der Waals surface area contributed by atoms with Crippen molar-refractivity contribution in [3.8, 4) is 5.75 Å². The van der Waals surface area contributed by atoms with Crippen molar-refractivity contribution in [2.45, 2.75) is 40.0 Å². The smallest absolute Gasteiger partial charge is 0.225 e. The molecule has 1 aromatic rings. The third kappa shape index (κ3) is 2.97. The van der Waals surface area contributed by atoms with Crippen LogP contribution in [-0.4, -0.2) is 31.0 Å². The summed E-state index contributed by atoms with van der Waals surface area (Å²) in [6.07, 6.45) is 3.12. The predicted molar refractivity (Wildman–Crippen MR) is 81.2 cm³/mol. The van der Waals surface area contributed by atoms with Crippen LogP contribution in [-0.2, 0) is 11.2 Å². The van der Waals surface area contributed by atoms with Crippen LogP contribution in [0.4, 0.5) is 0 Å². The fraction of sp³-hybridized carbons (Fsp3) is 0.588. The van der Waals surface area contributed by atoms with Crippen molar-refractivity contribution in [2.75, 3.05) is 20.2 Å². The molecule has 1 aliphatic rings. The third-order valence-electron chi connectivity index (χ3n) is 4.43. The van der Waals surface area contributed by atoms with Crippen LogP contribution in [0.3, 0.4) is 0 Å². The highest BCUT2D eigenvalue weighted by Crippen LogP contribution is 2.26. The Labute approximate surface area is 121 Å². The molecule has 1 unspecified atom stereocenters. The van der Waals surface area contributed by atoms with Gasteiger partial charge in [-0.15, -0.1) is 0 Å². The summed E-state index contributed by atoms with van der Waals surface area (Å²) in [6, 6.07) is 4.10. The minimum Gasteiger partial charge on any atom is -0.496 e. The van der Waals surface area contributed by atoms with Gasteiger partial charge >= 0.3 is 0 Å². The third-order valence-corrected chi connectivity index (χ3v) is 4.43. The molecule has 1 heterocycles. The van der Waals surface area contributed by atoms with Crippen LogP contribution in [0.2, 0.25) is 0 Å². The van der Waals surface area contributed by atoms with E-state index in [-0.39, 0.29) is 5.92 Å². The average molecular weight is 275 g/mol. The van der Waals surface area contributed by atoms with Gasteiger partial charge in [0.15, 0.2) is 0 Å². The first-order valence-electron chi connectivity index (χ1n) is 7.46. The molecule has 0 aliphatic carbocycles. The number of hydrogen-bond acceptors (Lipinski definition) is 2. The Morgan fingerprint density at radius 2 is 1.90 bits per heavy atom. The minimum atomic E-state index is 0.0552. The van der Waals surface area contributed by atoms with Crippen LogP contribution in [0.1, 0.15) is 36.5 Å². The van der Waals surface area contributed by atoms with E-state index in [1.807, 2.05) is 17.9 Å². The zero-order valence-electron chi connectivity index (χ0n) is 13.0. The quantitative estimate of drug-likeness (QED) is 0.845. The fourth-order valence-corrected chi connectivity index (χ4v) is 2.96. The highest BCUT2D eigenvalue weighted by atomic mass is 16.5. The van der Waals surface area contributed by atoms with Crippen molar-refractivity contribution in [1.29, 1.82) is 0 Å². The van der Waals surface area contributed by atoms with Gasteiger partial charge in [-0.05, 0) is 55.9 Å². The van der Waals surface area contributed by atoms with E-state index in [2.05, 4.69) is 19.9 Å². The van der Waals surface area contributed by atoms with E-state index in [9.17, 15) is 4.79 Å². The molecule has 1 aromatic carbocycles. The van der Waals surface area contributed by atoms with E-state index >= 15 is 0 Å². The maximum Gasteiger partial charge on any atom is 0.225 e. The molecule has 3 nitrogen and oxygen atoms in total. The standard InChI is InChI=1S/C17H25NO2/c1-12(17(19)18-9-5-6-10-18)11-15-7-8-16(20-4)14(3)13(15)2/h7-8,12H,5-6,9-11H2,1-4H3. The van der Waals surface area contributed by atoms with E-state index < -0.39 is 0 Å². The van der Waals surface area contributed by atoms with E-state index in [4.69, 9.17) is 4.74 Å². The first-order valence-corrected chi connectivity index (χ1v) is 7.46.